The Morgan fingerprint density at radius 1 is 1.15 bits per heavy atom. The molecule has 2 N–H and O–H groups in total. The van der Waals surface area contributed by atoms with Crippen LogP contribution in [0.4, 0.5) is 11.5 Å². The molecule has 4 rings (SSSR count). The number of aromatic amines is 1. The predicted molar refractivity (Wildman–Crippen MR) is 99.0 cm³/mol. The molecule has 4 aromatic rings. The molecule has 0 saturated heterocycles. The zero-order valence-electron chi connectivity index (χ0n) is 14.9. The van der Waals surface area contributed by atoms with E-state index in [0.717, 1.165) is 15.1 Å². The fraction of sp³-hybridized carbons (Fsp3) is 0.222. The molecule has 0 aliphatic heterocycles. The topological polar surface area (TPSA) is 92.5 Å². The monoisotopic (exact) mass is 495 g/mol. The van der Waals surface area contributed by atoms with Gasteiger partial charge in [-0.1, -0.05) is 0 Å². The van der Waals surface area contributed by atoms with E-state index < -0.39 is 21.2 Å². The molecule has 0 radical (unpaired) electrons. The Kier molecular flexibility index (Phi) is 4.77. The molecule has 0 amide bonds. The summed E-state index contributed by atoms with van der Waals surface area (Å²) in [6.45, 7) is 6.35. The van der Waals surface area contributed by atoms with Gasteiger partial charge in [0.1, 0.15) is 0 Å². The Balaban J connectivity index is 1.50. The molecule has 7 nitrogen and oxygen atoms in total. The fourth-order valence-corrected chi connectivity index (χ4v) is 4.55. The number of fused-ring (bicyclic) bond motifs is 1. The van der Waals surface area contributed by atoms with Gasteiger partial charge in [0, 0.05) is 0 Å². The van der Waals surface area contributed by atoms with Crippen LogP contribution in [0.25, 0.3) is 11.2 Å². The van der Waals surface area contributed by atoms with Crippen LogP contribution in [0, 0.1) is 7.27 Å². The second-order valence-electron chi connectivity index (χ2n) is 6.93. The van der Waals surface area contributed by atoms with Crippen molar-refractivity contribution < 1.29 is 25.7 Å². The Morgan fingerprint density at radius 2 is 1.93 bits per heavy atom. The van der Waals surface area contributed by atoms with Gasteiger partial charge in [-0.05, 0) is 0 Å². The Bertz CT molecular complexity index is 1080. The van der Waals surface area contributed by atoms with Crippen LogP contribution in [0.15, 0.2) is 41.2 Å². The first-order chi connectivity index (χ1) is 12.9. The third kappa shape index (κ3) is 4.06. The Labute approximate surface area is 171 Å². The first-order valence-corrected chi connectivity index (χ1v) is 10.8. The summed E-state index contributed by atoms with van der Waals surface area (Å²) >= 11 is 5.57. The minimum absolute atomic E-state index is 0.0282. The second kappa shape index (κ2) is 7.08. The molecule has 0 unspecified atom stereocenters. The summed E-state index contributed by atoms with van der Waals surface area (Å²) in [5.41, 5.74) is 2.12. The molecule has 0 saturated carbocycles. The zero-order valence-corrected chi connectivity index (χ0v) is 17.8. The molecule has 0 aliphatic rings. The SMILES string of the molecule is CC(C)(C)c1cc([I-]c2ccc(Nc3nc(Cl)nc4nc[nH]c34)cc2)no1. The van der Waals surface area contributed by atoms with Gasteiger partial charge in [-0.25, -0.2) is 0 Å². The van der Waals surface area contributed by atoms with E-state index in [-0.39, 0.29) is 10.7 Å². The van der Waals surface area contributed by atoms with E-state index >= 15 is 0 Å². The molecule has 0 spiro atoms. The zero-order chi connectivity index (χ0) is 19.0. The Morgan fingerprint density at radius 3 is 2.63 bits per heavy atom. The summed E-state index contributed by atoms with van der Waals surface area (Å²) in [4.78, 5) is 15.5. The summed E-state index contributed by atoms with van der Waals surface area (Å²) in [5, 5.41) is 7.63. The summed E-state index contributed by atoms with van der Waals surface area (Å²) in [7, 11) is 0. The van der Waals surface area contributed by atoms with Gasteiger partial charge >= 0.3 is 172 Å². The first-order valence-electron chi connectivity index (χ1n) is 8.24. The molecule has 0 bridgehead atoms. The van der Waals surface area contributed by atoms with Crippen molar-refractivity contribution in [3.05, 3.63) is 55.0 Å². The standard InChI is InChI=1S/C18H17ClIN6O/c1-18(2,3)12-8-13(26-27-12)20-10-4-6-11(7-5-10)23-16-14-15(22-9-21-14)24-17(19)25-16/h4-9H,1-3H3,(H2,21,22,23,24,25)/q-1. The molecule has 0 atom stereocenters. The van der Waals surface area contributed by atoms with Crippen LogP contribution in [-0.2, 0) is 5.41 Å². The van der Waals surface area contributed by atoms with Crippen molar-refractivity contribution in [3.63, 3.8) is 0 Å². The summed E-state index contributed by atoms with van der Waals surface area (Å²) in [6.07, 6.45) is 1.57. The van der Waals surface area contributed by atoms with Crippen LogP contribution in [0.2, 0.25) is 5.28 Å². The molecule has 0 aliphatic carbocycles. The summed E-state index contributed by atoms with van der Waals surface area (Å²) in [5.74, 6) is 1.51. The number of nitrogens with one attached hydrogen (secondary N) is 2. The van der Waals surface area contributed by atoms with Gasteiger partial charge in [0.2, 0.25) is 0 Å². The van der Waals surface area contributed by atoms with Gasteiger partial charge in [0.25, 0.3) is 0 Å². The van der Waals surface area contributed by atoms with Gasteiger partial charge in [0.05, 0.1) is 0 Å². The van der Waals surface area contributed by atoms with E-state index in [4.69, 9.17) is 16.1 Å². The van der Waals surface area contributed by atoms with Crippen LogP contribution < -0.4 is 26.5 Å². The average molecular weight is 496 g/mol. The molecule has 1 aromatic carbocycles. The average Bonchev–Trinajstić information content (AvgIpc) is 3.25. The third-order valence-corrected chi connectivity index (χ3v) is 6.36. The number of rotatable bonds is 4. The van der Waals surface area contributed by atoms with E-state index in [9.17, 15) is 0 Å². The van der Waals surface area contributed by atoms with Gasteiger partial charge in [-0.3, -0.25) is 0 Å². The summed E-state index contributed by atoms with van der Waals surface area (Å²) in [6, 6.07) is 10.3. The van der Waals surface area contributed by atoms with Crippen molar-refractivity contribution >= 4 is 34.3 Å². The van der Waals surface area contributed by atoms with Gasteiger partial charge in [-0.15, -0.1) is 0 Å². The molecular formula is C18H17ClIN6O-. The normalized spacial score (nSPS) is 12.0. The predicted octanol–water partition coefficient (Wildman–Crippen LogP) is 1.16. The van der Waals surface area contributed by atoms with Crippen LogP contribution in [-0.4, -0.2) is 25.1 Å². The van der Waals surface area contributed by atoms with E-state index in [1.165, 1.54) is 3.57 Å². The molecule has 140 valence electrons. The van der Waals surface area contributed by atoms with Gasteiger partial charge < -0.3 is 0 Å². The number of nitrogens with zero attached hydrogens (tertiary/aromatic N) is 4. The second-order valence-corrected chi connectivity index (χ2v) is 10.2. The quantitative estimate of drug-likeness (QED) is 0.326. The van der Waals surface area contributed by atoms with E-state index in [2.05, 4.69) is 69.4 Å². The maximum atomic E-state index is 5.97. The molecular weight excluding hydrogens is 479 g/mol. The number of halogens is 2. The minimum atomic E-state index is -0.394. The van der Waals surface area contributed by atoms with Crippen LogP contribution in [0.1, 0.15) is 26.5 Å². The van der Waals surface area contributed by atoms with Crippen LogP contribution in [0.5, 0.6) is 0 Å². The number of imidazole rings is 1. The number of hydrogen-bond donors (Lipinski definition) is 2. The molecule has 0 fully saturated rings. The number of aromatic nitrogens is 5. The first kappa shape index (κ1) is 18.2. The van der Waals surface area contributed by atoms with Crippen LogP contribution in [0.3, 0.4) is 0 Å². The van der Waals surface area contributed by atoms with E-state index in [1.54, 1.807) is 6.33 Å². The van der Waals surface area contributed by atoms with Crippen molar-refractivity contribution in [3.8, 4) is 0 Å². The van der Waals surface area contributed by atoms with Crippen molar-refractivity contribution in [1.29, 1.82) is 0 Å². The molecule has 27 heavy (non-hydrogen) atoms. The van der Waals surface area contributed by atoms with Crippen LogP contribution >= 0.6 is 11.6 Å². The van der Waals surface area contributed by atoms with Crippen molar-refractivity contribution in [2.45, 2.75) is 26.2 Å². The van der Waals surface area contributed by atoms with Gasteiger partial charge in [0.15, 0.2) is 0 Å². The third-order valence-electron chi connectivity index (χ3n) is 3.79. The van der Waals surface area contributed by atoms with E-state index in [0.29, 0.717) is 17.0 Å². The van der Waals surface area contributed by atoms with E-state index in [1.807, 2.05) is 12.1 Å². The Hall–Kier alpha value is -2.20. The fourth-order valence-electron chi connectivity index (χ4n) is 2.39. The molecule has 3 aromatic heterocycles. The maximum absolute atomic E-state index is 5.97. The van der Waals surface area contributed by atoms with Crippen molar-refractivity contribution in [2.75, 3.05) is 5.32 Å². The molecule has 3 heterocycles. The summed E-state index contributed by atoms with van der Waals surface area (Å²) < 4.78 is 7.76. The number of benzene rings is 1. The van der Waals surface area contributed by atoms with Crippen molar-refractivity contribution in [1.82, 2.24) is 25.1 Å². The number of hydrogen-bond acceptors (Lipinski definition) is 6. The molecule has 9 heteroatoms. The number of H-pyrrole nitrogens is 1. The number of anilines is 2. The van der Waals surface area contributed by atoms with Gasteiger partial charge in [-0.2, -0.15) is 0 Å². The van der Waals surface area contributed by atoms with Crippen molar-refractivity contribution in [2.24, 2.45) is 0 Å².